The van der Waals surface area contributed by atoms with Crippen molar-refractivity contribution < 1.29 is 19.1 Å². The molecule has 0 saturated carbocycles. The molecular formula is C18H16Cl2N2O4. The number of anilines is 2. The second-order valence-electron chi connectivity index (χ2n) is 5.75. The number of hydrogen-bond donors (Lipinski definition) is 1. The average molecular weight is 395 g/mol. The molecule has 6 nitrogen and oxygen atoms in total. The van der Waals surface area contributed by atoms with Gasteiger partial charge in [0, 0.05) is 17.8 Å². The van der Waals surface area contributed by atoms with Crippen LogP contribution in [0.5, 0.6) is 11.5 Å². The van der Waals surface area contributed by atoms with E-state index in [1.165, 1.54) is 11.0 Å². The molecule has 1 heterocycles. The van der Waals surface area contributed by atoms with Gasteiger partial charge in [0.15, 0.2) is 12.7 Å². The van der Waals surface area contributed by atoms with Crippen molar-refractivity contribution in [2.24, 2.45) is 0 Å². The number of benzene rings is 2. The van der Waals surface area contributed by atoms with Gasteiger partial charge in [-0.05, 0) is 43.3 Å². The quantitative estimate of drug-likeness (QED) is 0.856. The Hall–Kier alpha value is -2.44. The predicted octanol–water partition coefficient (Wildman–Crippen LogP) is 3.75. The lowest BCUT2D eigenvalue weighted by Crippen LogP contribution is -2.42. The van der Waals surface area contributed by atoms with Crippen molar-refractivity contribution in [1.29, 1.82) is 0 Å². The summed E-state index contributed by atoms with van der Waals surface area (Å²) in [5.41, 5.74) is 1.12. The second-order valence-corrected chi connectivity index (χ2v) is 6.60. The molecule has 1 aliphatic rings. The SMILES string of the molecule is C[C@H]1Oc2ccc(NC(=O)COc3ccc(Cl)cc3Cl)cc2N(C)C1=O. The van der Waals surface area contributed by atoms with E-state index in [1.54, 1.807) is 44.3 Å². The van der Waals surface area contributed by atoms with Crippen molar-refractivity contribution in [3.05, 3.63) is 46.4 Å². The van der Waals surface area contributed by atoms with Crippen molar-refractivity contribution in [3.8, 4) is 11.5 Å². The van der Waals surface area contributed by atoms with Crippen molar-refractivity contribution in [1.82, 2.24) is 0 Å². The standard InChI is InChI=1S/C18H16Cl2N2O4/c1-10-18(24)22(2)14-8-12(4-6-16(14)26-10)21-17(23)9-25-15-5-3-11(19)7-13(15)20/h3-8,10H,9H2,1-2H3,(H,21,23)/t10-/m1/s1. The molecule has 1 atom stereocenters. The van der Waals surface area contributed by atoms with Gasteiger partial charge in [0.25, 0.3) is 11.8 Å². The van der Waals surface area contributed by atoms with Crippen LogP contribution in [-0.2, 0) is 9.59 Å². The Balaban J connectivity index is 1.66. The Morgan fingerprint density at radius 1 is 1.27 bits per heavy atom. The average Bonchev–Trinajstić information content (AvgIpc) is 2.60. The van der Waals surface area contributed by atoms with E-state index in [4.69, 9.17) is 32.7 Å². The summed E-state index contributed by atoms with van der Waals surface area (Å²) in [7, 11) is 1.66. The predicted molar refractivity (Wildman–Crippen MR) is 101 cm³/mol. The first-order chi connectivity index (χ1) is 12.3. The van der Waals surface area contributed by atoms with E-state index >= 15 is 0 Å². The number of halogens is 2. The van der Waals surface area contributed by atoms with Crippen LogP contribution in [0.3, 0.4) is 0 Å². The topological polar surface area (TPSA) is 67.9 Å². The first-order valence-electron chi connectivity index (χ1n) is 7.81. The van der Waals surface area contributed by atoms with Crippen LogP contribution < -0.4 is 19.7 Å². The zero-order valence-corrected chi connectivity index (χ0v) is 15.6. The molecule has 0 fully saturated rings. The van der Waals surface area contributed by atoms with E-state index in [0.29, 0.717) is 32.9 Å². The largest absolute Gasteiger partial charge is 0.482 e. The minimum Gasteiger partial charge on any atom is -0.482 e. The molecule has 3 rings (SSSR count). The molecule has 0 radical (unpaired) electrons. The summed E-state index contributed by atoms with van der Waals surface area (Å²) in [6, 6.07) is 9.83. The first-order valence-corrected chi connectivity index (χ1v) is 8.56. The molecule has 0 saturated heterocycles. The van der Waals surface area contributed by atoms with Gasteiger partial charge >= 0.3 is 0 Å². The fourth-order valence-electron chi connectivity index (χ4n) is 2.52. The van der Waals surface area contributed by atoms with Crippen molar-refractivity contribution >= 4 is 46.4 Å². The number of likely N-dealkylation sites (N-methyl/N-ethyl adjacent to an activating group) is 1. The van der Waals surface area contributed by atoms with E-state index in [2.05, 4.69) is 5.32 Å². The molecule has 2 aromatic rings. The van der Waals surface area contributed by atoms with Crippen LogP contribution in [0.15, 0.2) is 36.4 Å². The third-order valence-electron chi connectivity index (χ3n) is 3.84. The van der Waals surface area contributed by atoms with Crippen LogP contribution >= 0.6 is 23.2 Å². The molecule has 1 aliphatic heterocycles. The van der Waals surface area contributed by atoms with Gasteiger partial charge in [-0.15, -0.1) is 0 Å². The van der Waals surface area contributed by atoms with E-state index in [9.17, 15) is 9.59 Å². The normalized spacial score (nSPS) is 15.9. The first kappa shape index (κ1) is 18.4. The van der Waals surface area contributed by atoms with Crippen LogP contribution in [0, 0.1) is 0 Å². The number of fused-ring (bicyclic) bond motifs is 1. The maximum atomic E-state index is 12.1. The van der Waals surface area contributed by atoms with Gasteiger partial charge in [0.05, 0.1) is 10.7 Å². The lowest BCUT2D eigenvalue weighted by molar-refractivity contribution is -0.125. The third kappa shape index (κ3) is 3.86. The molecule has 1 N–H and O–H groups in total. The van der Waals surface area contributed by atoms with Gasteiger partial charge in [0.2, 0.25) is 0 Å². The van der Waals surface area contributed by atoms with E-state index < -0.39 is 6.10 Å². The maximum Gasteiger partial charge on any atom is 0.267 e. The molecule has 2 amide bonds. The highest BCUT2D eigenvalue weighted by Gasteiger charge is 2.29. The molecule has 0 aromatic heterocycles. The van der Waals surface area contributed by atoms with Gasteiger partial charge in [-0.1, -0.05) is 23.2 Å². The molecule has 8 heteroatoms. The highest BCUT2D eigenvalue weighted by Crippen LogP contribution is 2.35. The van der Waals surface area contributed by atoms with Gasteiger partial charge in [-0.2, -0.15) is 0 Å². The van der Waals surface area contributed by atoms with Crippen molar-refractivity contribution in [3.63, 3.8) is 0 Å². The molecular weight excluding hydrogens is 379 g/mol. The Kier molecular flexibility index (Phi) is 5.25. The molecule has 2 aromatic carbocycles. The van der Waals surface area contributed by atoms with Crippen LogP contribution in [-0.4, -0.2) is 31.6 Å². The van der Waals surface area contributed by atoms with Gasteiger partial charge in [0.1, 0.15) is 11.5 Å². The summed E-state index contributed by atoms with van der Waals surface area (Å²) >= 11 is 11.8. The Labute approximate surface area is 160 Å². The monoisotopic (exact) mass is 394 g/mol. The van der Waals surface area contributed by atoms with E-state index in [-0.39, 0.29) is 18.4 Å². The van der Waals surface area contributed by atoms with Crippen LogP contribution in [0.1, 0.15) is 6.92 Å². The molecule has 26 heavy (non-hydrogen) atoms. The summed E-state index contributed by atoms with van der Waals surface area (Å²) in [6.07, 6.45) is -0.537. The van der Waals surface area contributed by atoms with E-state index in [0.717, 1.165) is 0 Å². The van der Waals surface area contributed by atoms with Gasteiger partial charge in [-0.25, -0.2) is 0 Å². The number of amides is 2. The number of carbonyl (C=O) groups excluding carboxylic acids is 2. The summed E-state index contributed by atoms with van der Waals surface area (Å²) in [5, 5.41) is 3.52. The zero-order valence-electron chi connectivity index (χ0n) is 14.1. The van der Waals surface area contributed by atoms with Gasteiger partial charge < -0.3 is 19.7 Å². The molecule has 0 spiro atoms. The fraction of sp³-hybridized carbons (Fsp3) is 0.222. The minimum atomic E-state index is -0.537. The number of carbonyl (C=O) groups is 2. The number of rotatable bonds is 4. The smallest absolute Gasteiger partial charge is 0.267 e. The van der Waals surface area contributed by atoms with Crippen LogP contribution in [0.2, 0.25) is 10.0 Å². The lowest BCUT2D eigenvalue weighted by Gasteiger charge is -2.30. The van der Waals surface area contributed by atoms with Crippen LogP contribution in [0.4, 0.5) is 11.4 Å². The Morgan fingerprint density at radius 3 is 2.77 bits per heavy atom. The summed E-state index contributed by atoms with van der Waals surface area (Å²) in [5.74, 6) is 0.433. The zero-order chi connectivity index (χ0) is 18.8. The Morgan fingerprint density at radius 2 is 2.04 bits per heavy atom. The minimum absolute atomic E-state index is 0.151. The number of nitrogens with one attached hydrogen (secondary N) is 1. The van der Waals surface area contributed by atoms with Crippen molar-refractivity contribution in [2.45, 2.75) is 13.0 Å². The van der Waals surface area contributed by atoms with Gasteiger partial charge in [-0.3, -0.25) is 9.59 Å². The number of hydrogen-bond acceptors (Lipinski definition) is 4. The number of nitrogens with zero attached hydrogens (tertiary/aromatic N) is 1. The summed E-state index contributed by atoms with van der Waals surface area (Å²) in [6.45, 7) is 1.47. The molecule has 0 aliphatic carbocycles. The second kappa shape index (κ2) is 7.43. The van der Waals surface area contributed by atoms with Crippen molar-refractivity contribution in [2.75, 3.05) is 23.9 Å². The van der Waals surface area contributed by atoms with Crippen LogP contribution in [0.25, 0.3) is 0 Å². The summed E-state index contributed by atoms with van der Waals surface area (Å²) in [4.78, 5) is 25.6. The number of ether oxygens (including phenoxy) is 2. The Bertz CT molecular complexity index is 872. The van der Waals surface area contributed by atoms with E-state index in [1.807, 2.05) is 0 Å². The highest BCUT2D eigenvalue weighted by molar-refractivity contribution is 6.35. The molecule has 136 valence electrons. The molecule has 0 bridgehead atoms. The lowest BCUT2D eigenvalue weighted by atomic mass is 10.2. The third-order valence-corrected chi connectivity index (χ3v) is 4.37. The maximum absolute atomic E-state index is 12.1. The highest BCUT2D eigenvalue weighted by atomic mass is 35.5. The summed E-state index contributed by atoms with van der Waals surface area (Å²) < 4.78 is 10.9. The molecule has 0 unspecified atom stereocenters. The fourth-order valence-corrected chi connectivity index (χ4v) is 2.98.